The first-order valence-corrected chi connectivity index (χ1v) is 11.5. The van der Waals surface area contributed by atoms with Gasteiger partial charge in [0.05, 0.1) is 0 Å². The van der Waals surface area contributed by atoms with Crippen LogP contribution in [-0.4, -0.2) is 86.0 Å². The van der Waals surface area contributed by atoms with E-state index < -0.39 is 0 Å². The molecule has 1 amide bonds. The van der Waals surface area contributed by atoms with Crippen LogP contribution < -0.4 is 10.6 Å². The SMILES string of the molecule is CSCCNC(=NCC(=O)N(C)C)NC1CCN(C2CCCCC2)CC1.I. The first-order valence-electron chi connectivity index (χ1n) is 10.1. The third-order valence-corrected chi connectivity index (χ3v) is 6.04. The summed E-state index contributed by atoms with van der Waals surface area (Å²) in [5.41, 5.74) is 0. The Morgan fingerprint density at radius 1 is 1.15 bits per heavy atom. The number of thioether (sulfide) groups is 1. The summed E-state index contributed by atoms with van der Waals surface area (Å²) in [6.07, 6.45) is 11.4. The van der Waals surface area contributed by atoms with Crippen LogP contribution in [0.1, 0.15) is 44.9 Å². The highest BCUT2D eigenvalue weighted by Crippen LogP contribution is 2.25. The summed E-state index contributed by atoms with van der Waals surface area (Å²) < 4.78 is 0. The third-order valence-electron chi connectivity index (χ3n) is 5.43. The van der Waals surface area contributed by atoms with Gasteiger partial charge in [-0.3, -0.25) is 4.79 Å². The van der Waals surface area contributed by atoms with Crippen molar-refractivity contribution in [2.75, 3.05) is 52.3 Å². The van der Waals surface area contributed by atoms with Crippen LogP contribution in [0.4, 0.5) is 0 Å². The monoisotopic (exact) mass is 511 g/mol. The zero-order chi connectivity index (χ0) is 18.8. The molecule has 2 aliphatic rings. The Kier molecular flexibility index (Phi) is 12.8. The number of piperidine rings is 1. The number of hydrogen-bond acceptors (Lipinski definition) is 4. The van der Waals surface area contributed by atoms with Gasteiger partial charge in [-0.15, -0.1) is 24.0 Å². The van der Waals surface area contributed by atoms with Crippen LogP contribution in [0.3, 0.4) is 0 Å². The van der Waals surface area contributed by atoms with Crippen LogP contribution in [0, 0.1) is 0 Å². The molecule has 1 aliphatic carbocycles. The van der Waals surface area contributed by atoms with Gasteiger partial charge in [0.2, 0.25) is 5.91 Å². The highest BCUT2D eigenvalue weighted by Gasteiger charge is 2.26. The number of amides is 1. The second kappa shape index (κ2) is 13.9. The number of carbonyl (C=O) groups is 1. The number of likely N-dealkylation sites (tertiary alicyclic amines) is 1. The molecular formula is C19H38IN5OS. The summed E-state index contributed by atoms with van der Waals surface area (Å²) in [6.45, 7) is 3.42. The molecule has 1 aliphatic heterocycles. The Hall–Kier alpha value is -0.220. The first kappa shape index (κ1) is 24.8. The fraction of sp³-hybridized carbons (Fsp3) is 0.895. The van der Waals surface area contributed by atoms with Gasteiger partial charge in [-0.2, -0.15) is 11.8 Å². The summed E-state index contributed by atoms with van der Waals surface area (Å²) in [5, 5.41) is 6.94. The number of likely N-dealkylation sites (N-methyl/N-ethyl adjacent to an activating group) is 1. The van der Waals surface area contributed by atoms with Crippen molar-refractivity contribution in [3.05, 3.63) is 0 Å². The maximum absolute atomic E-state index is 11.8. The summed E-state index contributed by atoms with van der Waals surface area (Å²) in [7, 11) is 3.54. The Balaban J connectivity index is 0.00000364. The first-order chi connectivity index (χ1) is 12.6. The average molecular weight is 512 g/mol. The van der Waals surface area contributed by atoms with Crippen LogP contribution in [0.25, 0.3) is 0 Å². The lowest BCUT2D eigenvalue weighted by atomic mass is 9.92. The van der Waals surface area contributed by atoms with Crippen molar-refractivity contribution in [1.82, 2.24) is 20.4 Å². The molecule has 6 nitrogen and oxygen atoms in total. The molecule has 0 unspecified atom stereocenters. The second-order valence-electron chi connectivity index (χ2n) is 7.62. The van der Waals surface area contributed by atoms with E-state index in [9.17, 15) is 4.79 Å². The molecule has 0 spiro atoms. The fourth-order valence-electron chi connectivity index (χ4n) is 3.76. The Morgan fingerprint density at radius 3 is 2.41 bits per heavy atom. The largest absolute Gasteiger partial charge is 0.356 e. The average Bonchev–Trinajstić information content (AvgIpc) is 2.67. The van der Waals surface area contributed by atoms with Gasteiger partial charge in [-0.25, -0.2) is 4.99 Å². The fourth-order valence-corrected chi connectivity index (χ4v) is 4.07. The van der Waals surface area contributed by atoms with Crippen LogP contribution in [0.2, 0.25) is 0 Å². The van der Waals surface area contributed by atoms with Crippen molar-refractivity contribution in [3.63, 3.8) is 0 Å². The molecule has 27 heavy (non-hydrogen) atoms. The van der Waals surface area contributed by atoms with Crippen molar-refractivity contribution >= 4 is 47.6 Å². The number of rotatable bonds is 7. The molecule has 2 N–H and O–H groups in total. The quantitative estimate of drug-likeness (QED) is 0.238. The van der Waals surface area contributed by atoms with E-state index in [1.54, 1.807) is 19.0 Å². The number of guanidine groups is 1. The minimum atomic E-state index is 0. The number of hydrogen-bond donors (Lipinski definition) is 2. The lowest BCUT2D eigenvalue weighted by molar-refractivity contribution is -0.127. The van der Waals surface area contributed by atoms with Gasteiger partial charge in [0.1, 0.15) is 6.54 Å². The summed E-state index contributed by atoms with van der Waals surface area (Å²) in [6, 6.07) is 1.26. The molecule has 8 heteroatoms. The van der Waals surface area contributed by atoms with E-state index in [2.05, 4.69) is 26.8 Å². The molecule has 0 radical (unpaired) electrons. The van der Waals surface area contributed by atoms with Gasteiger partial charge in [0.15, 0.2) is 5.96 Å². The topological polar surface area (TPSA) is 60.0 Å². The minimum absolute atomic E-state index is 0. The highest BCUT2D eigenvalue weighted by atomic mass is 127. The van der Waals surface area contributed by atoms with E-state index in [0.717, 1.165) is 37.1 Å². The third kappa shape index (κ3) is 9.21. The lowest BCUT2D eigenvalue weighted by Gasteiger charge is -2.39. The number of nitrogens with one attached hydrogen (secondary N) is 2. The molecule has 1 saturated carbocycles. The maximum Gasteiger partial charge on any atom is 0.243 e. The van der Waals surface area contributed by atoms with Crippen molar-refractivity contribution in [1.29, 1.82) is 0 Å². The van der Waals surface area contributed by atoms with E-state index in [4.69, 9.17) is 0 Å². The zero-order valence-corrected chi connectivity index (χ0v) is 20.4. The summed E-state index contributed by atoms with van der Waals surface area (Å²) in [5.74, 6) is 1.84. The molecular weight excluding hydrogens is 473 g/mol. The smallest absolute Gasteiger partial charge is 0.243 e. The van der Waals surface area contributed by atoms with Gasteiger partial charge < -0.3 is 20.4 Å². The molecule has 1 heterocycles. The van der Waals surface area contributed by atoms with Gasteiger partial charge in [-0.05, 0) is 31.9 Å². The van der Waals surface area contributed by atoms with E-state index in [1.807, 2.05) is 11.8 Å². The second-order valence-corrected chi connectivity index (χ2v) is 8.60. The maximum atomic E-state index is 11.8. The van der Waals surface area contributed by atoms with Crippen LogP contribution in [0.15, 0.2) is 4.99 Å². The van der Waals surface area contributed by atoms with E-state index >= 15 is 0 Å². The number of aliphatic imine (C=N–C) groups is 1. The molecule has 0 aromatic rings. The Bertz CT molecular complexity index is 449. The summed E-state index contributed by atoms with van der Waals surface area (Å²) in [4.78, 5) is 20.6. The molecule has 0 bridgehead atoms. The number of carbonyl (C=O) groups excluding carboxylic acids is 1. The Labute approximate surface area is 186 Å². The molecule has 0 aromatic carbocycles. The lowest BCUT2D eigenvalue weighted by Crippen LogP contribution is -2.51. The van der Waals surface area contributed by atoms with Gasteiger partial charge in [0.25, 0.3) is 0 Å². The van der Waals surface area contributed by atoms with Crippen molar-refractivity contribution < 1.29 is 4.79 Å². The molecule has 1 saturated heterocycles. The van der Waals surface area contributed by atoms with Crippen molar-refractivity contribution in [2.24, 2.45) is 4.99 Å². The van der Waals surface area contributed by atoms with Gasteiger partial charge >= 0.3 is 0 Å². The number of nitrogens with zero attached hydrogens (tertiary/aromatic N) is 3. The predicted octanol–water partition coefficient (Wildman–Crippen LogP) is 2.39. The predicted molar refractivity (Wildman–Crippen MR) is 127 cm³/mol. The minimum Gasteiger partial charge on any atom is -0.356 e. The molecule has 0 atom stereocenters. The standard InChI is InChI=1S/C19H37N5OS.HI/c1-23(2)18(25)15-21-19(20-11-14-26-3)22-16-9-12-24(13-10-16)17-7-5-4-6-8-17;/h16-17H,4-15H2,1-3H3,(H2,20,21,22);1H. The molecule has 2 rings (SSSR count). The Morgan fingerprint density at radius 2 is 1.81 bits per heavy atom. The van der Waals surface area contributed by atoms with Crippen LogP contribution >= 0.6 is 35.7 Å². The highest BCUT2D eigenvalue weighted by molar-refractivity contribution is 14.0. The molecule has 0 aromatic heterocycles. The molecule has 2 fully saturated rings. The normalized spacial score (nSPS) is 20.0. The van der Waals surface area contributed by atoms with Crippen LogP contribution in [0.5, 0.6) is 0 Å². The zero-order valence-electron chi connectivity index (χ0n) is 17.2. The van der Waals surface area contributed by atoms with Gasteiger partial charge in [-0.1, -0.05) is 19.3 Å². The number of halogens is 1. The van der Waals surface area contributed by atoms with E-state index in [1.165, 1.54) is 45.2 Å². The molecule has 158 valence electrons. The van der Waals surface area contributed by atoms with Crippen molar-refractivity contribution in [3.8, 4) is 0 Å². The van der Waals surface area contributed by atoms with E-state index in [-0.39, 0.29) is 36.4 Å². The summed E-state index contributed by atoms with van der Waals surface area (Å²) >= 11 is 1.81. The van der Waals surface area contributed by atoms with E-state index in [0.29, 0.717) is 6.04 Å². The van der Waals surface area contributed by atoms with Gasteiger partial charge in [0, 0.05) is 51.6 Å². The van der Waals surface area contributed by atoms with Crippen LogP contribution in [-0.2, 0) is 4.79 Å². The van der Waals surface area contributed by atoms with Crippen molar-refractivity contribution in [2.45, 2.75) is 57.0 Å².